The maximum absolute atomic E-state index is 12.5. The number of hydrogen-bond donors (Lipinski definition) is 3. The fraction of sp³-hybridized carbons (Fsp3) is 0.379. The molecule has 0 radical (unpaired) electrons. The molecular formula is C29H32N8O4. The second-order valence-corrected chi connectivity index (χ2v) is 10.8. The predicted molar refractivity (Wildman–Crippen MR) is 151 cm³/mol. The Morgan fingerprint density at radius 2 is 1.98 bits per heavy atom. The van der Waals surface area contributed by atoms with E-state index in [9.17, 15) is 15.2 Å². The van der Waals surface area contributed by atoms with Crippen LogP contribution in [0.25, 0.3) is 16.8 Å². The summed E-state index contributed by atoms with van der Waals surface area (Å²) >= 11 is 0. The number of pyridine rings is 2. The van der Waals surface area contributed by atoms with Crippen molar-refractivity contribution in [2.45, 2.75) is 19.4 Å². The van der Waals surface area contributed by atoms with Gasteiger partial charge in [-0.3, -0.25) is 14.8 Å². The predicted octanol–water partition coefficient (Wildman–Crippen LogP) is 2.03. The van der Waals surface area contributed by atoms with Crippen molar-refractivity contribution in [3.63, 3.8) is 0 Å². The molecule has 2 fully saturated rings. The van der Waals surface area contributed by atoms with E-state index in [1.54, 1.807) is 44.4 Å². The third kappa shape index (κ3) is 6.20. The lowest BCUT2D eigenvalue weighted by Gasteiger charge is -2.21. The van der Waals surface area contributed by atoms with Gasteiger partial charge in [-0.15, -0.1) is 0 Å². The molecule has 1 aliphatic heterocycles. The highest BCUT2D eigenvalue weighted by Crippen LogP contribution is 2.52. The van der Waals surface area contributed by atoms with E-state index in [2.05, 4.69) is 36.2 Å². The number of aliphatic hydroxyl groups is 1. The molecule has 1 amide bonds. The summed E-state index contributed by atoms with van der Waals surface area (Å²) in [4.78, 5) is 32.4. The zero-order chi connectivity index (χ0) is 29.1. The largest absolute Gasteiger partial charge is 0.489 e. The highest BCUT2D eigenvalue weighted by atomic mass is 16.5. The monoisotopic (exact) mass is 556 g/mol. The van der Waals surface area contributed by atoms with Crippen LogP contribution in [0.5, 0.6) is 11.6 Å². The lowest BCUT2D eigenvalue weighted by Crippen LogP contribution is -2.31. The van der Waals surface area contributed by atoms with Crippen LogP contribution >= 0.6 is 0 Å². The van der Waals surface area contributed by atoms with Crippen molar-refractivity contribution in [3.8, 4) is 29.0 Å². The van der Waals surface area contributed by atoms with Gasteiger partial charge in [0.15, 0.2) is 0 Å². The molecule has 0 bridgehead atoms. The van der Waals surface area contributed by atoms with Crippen molar-refractivity contribution in [1.82, 2.24) is 25.3 Å². The molecule has 4 heterocycles. The number of amides is 1. The van der Waals surface area contributed by atoms with Gasteiger partial charge in [0.2, 0.25) is 5.88 Å². The van der Waals surface area contributed by atoms with Crippen molar-refractivity contribution >= 4 is 17.3 Å². The topological polar surface area (TPSA) is 172 Å². The molecule has 4 N–H and O–H groups in total. The summed E-state index contributed by atoms with van der Waals surface area (Å²) in [6, 6.07) is 7.14. The van der Waals surface area contributed by atoms with Crippen LogP contribution in [0.4, 0.5) is 5.82 Å². The molecule has 3 atom stereocenters. The first kappa shape index (κ1) is 27.8. The fourth-order valence-corrected chi connectivity index (χ4v) is 5.07. The molecule has 0 aromatic carbocycles. The summed E-state index contributed by atoms with van der Waals surface area (Å²) in [5.41, 5.74) is 6.77. The molecule has 5 rings (SSSR count). The number of hydrogen-bond acceptors (Lipinski definition) is 11. The second-order valence-electron chi connectivity index (χ2n) is 10.8. The van der Waals surface area contributed by atoms with E-state index in [4.69, 9.17) is 15.2 Å². The minimum atomic E-state index is -1.02. The number of piperidine rings is 1. The number of fused-ring (bicyclic) bond motifs is 1. The molecule has 1 saturated heterocycles. The number of anilines is 1. The van der Waals surface area contributed by atoms with E-state index in [1.165, 1.54) is 25.7 Å². The third-order valence-electron chi connectivity index (χ3n) is 7.31. The van der Waals surface area contributed by atoms with Crippen LogP contribution in [-0.4, -0.2) is 69.9 Å². The van der Waals surface area contributed by atoms with Crippen molar-refractivity contribution < 1.29 is 19.4 Å². The Morgan fingerprint density at radius 1 is 1.20 bits per heavy atom. The van der Waals surface area contributed by atoms with Crippen molar-refractivity contribution in [3.05, 3.63) is 60.4 Å². The quantitative estimate of drug-likeness (QED) is 0.312. The maximum atomic E-state index is 12.5. The molecule has 1 aliphatic carbocycles. The zero-order valence-corrected chi connectivity index (χ0v) is 23.1. The minimum Gasteiger partial charge on any atom is -0.489 e. The number of rotatable bonds is 10. The van der Waals surface area contributed by atoms with Gasteiger partial charge in [0.1, 0.15) is 24.2 Å². The minimum absolute atomic E-state index is 0.0660. The SMILES string of the molecule is COc1ccc(C(=O)NCC2[C@H]3CN(c4cnc(-c5cc(OCC(C)(C)O)cnc5C(C#N)=CN)cn4)C[C@@H]23)cn1. The zero-order valence-electron chi connectivity index (χ0n) is 23.1. The Labute approximate surface area is 237 Å². The van der Waals surface area contributed by atoms with E-state index in [0.29, 0.717) is 58.4 Å². The number of nitrogens with zero attached hydrogens (tertiary/aromatic N) is 6. The van der Waals surface area contributed by atoms with Gasteiger partial charge < -0.3 is 30.5 Å². The van der Waals surface area contributed by atoms with Gasteiger partial charge in [0, 0.05) is 43.7 Å². The van der Waals surface area contributed by atoms with E-state index >= 15 is 0 Å². The second kappa shape index (κ2) is 11.4. The standard InChI is InChI=1S/C29H32N8O4/c1-29(2,39)16-41-19-6-20(27(35-10-19)18(7-30)8-31)24-12-33-25(13-32-24)37-14-22-21(23(22)15-37)11-36-28(38)17-4-5-26(40-3)34-9-17/h4-7,9-10,12-13,21-23,39H,11,14-16,30H2,1-3H3,(H,36,38)/t21?,22-,23+. The van der Waals surface area contributed by atoms with Crippen molar-refractivity contribution in [1.29, 1.82) is 5.26 Å². The number of carbonyl (C=O) groups is 1. The van der Waals surface area contributed by atoms with E-state index < -0.39 is 5.60 Å². The number of aromatic nitrogens is 4. The number of methoxy groups -OCH3 is 1. The molecule has 12 heteroatoms. The van der Waals surface area contributed by atoms with Crippen LogP contribution in [0, 0.1) is 29.1 Å². The fourth-order valence-electron chi connectivity index (χ4n) is 5.07. The first-order valence-corrected chi connectivity index (χ1v) is 13.2. The molecule has 1 saturated carbocycles. The molecule has 3 aromatic heterocycles. The van der Waals surface area contributed by atoms with Gasteiger partial charge in [-0.1, -0.05) is 0 Å². The summed E-state index contributed by atoms with van der Waals surface area (Å²) in [7, 11) is 1.53. The summed E-state index contributed by atoms with van der Waals surface area (Å²) in [5, 5.41) is 22.6. The number of nitrogens with one attached hydrogen (secondary N) is 1. The van der Waals surface area contributed by atoms with Crippen molar-refractivity contribution in [2.24, 2.45) is 23.5 Å². The number of carbonyl (C=O) groups excluding carboxylic acids is 1. The summed E-state index contributed by atoms with van der Waals surface area (Å²) in [6.45, 7) is 5.65. The molecule has 12 nitrogen and oxygen atoms in total. The van der Waals surface area contributed by atoms with Crippen molar-refractivity contribution in [2.75, 3.05) is 38.3 Å². The Hall–Kier alpha value is -4.76. The van der Waals surface area contributed by atoms with Crippen LogP contribution in [-0.2, 0) is 0 Å². The molecular weight excluding hydrogens is 524 g/mol. The van der Waals surface area contributed by atoms with Crippen LogP contribution in [0.2, 0.25) is 0 Å². The average Bonchev–Trinajstić information content (AvgIpc) is 3.43. The van der Waals surface area contributed by atoms with Gasteiger partial charge >= 0.3 is 0 Å². The highest BCUT2D eigenvalue weighted by Gasteiger charge is 2.55. The summed E-state index contributed by atoms with van der Waals surface area (Å²) in [5.74, 6) is 2.91. The van der Waals surface area contributed by atoms with E-state index in [-0.39, 0.29) is 18.1 Å². The molecule has 0 spiro atoms. The Bertz CT molecular complexity index is 1470. The highest BCUT2D eigenvalue weighted by molar-refractivity contribution is 5.93. The van der Waals surface area contributed by atoms with Gasteiger partial charge in [-0.2, -0.15) is 5.26 Å². The molecule has 212 valence electrons. The first-order valence-electron chi connectivity index (χ1n) is 13.2. The van der Waals surface area contributed by atoms with Crippen LogP contribution < -0.4 is 25.4 Å². The number of ether oxygens (including phenoxy) is 2. The van der Waals surface area contributed by atoms with E-state index in [0.717, 1.165) is 18.9 Å². The number of nitrogens with two attached hydrogens (primary N) is 1. The molecule has 41 heavy (non-hydrogen) atoms. The van der Waals surface area contributed by atoms with Gasteiger partial charge in [0.25, 0.3) is 5.91 Å². The molecule has 3 aromatic rings. The Kier molecular flexibility index (Phi) is 7.72. The summed E-state index contributed by atoms with van der Waals surface area (Å²) < 4.78 is 10.7. The number of nitriles is 1. The lowest BCUT2D eigenvalue weighted by atomic mass is 10.0. The van der Waals surface area contributed by atoms with Gasteiger partial charge in [-0.25, -0.2) is 9.97 Å². The van der Waals surface area contributed by atoms with Gasteiger partial charge in [-0.05, 0) is 43.7 Å². The van der Waals surface area contributed by atoms with Crippen LogP contribution in [0.1, 0.15) is 29.9 Å². The van der Waals surface area contributed by atoms with E-state index in [1.807, 2.05) is 0 Å². The Morgan fingerprint density at radius 3 is 2.56 bits per heavy atom. The maximum Gasteiger partial charge on any atom is 0.252 e. The molecule has 2 aliphatic rings. The molecule has 1 unspecified atom stereocenters. The van der Waals surface area contributed by atoms with Crippen LogP contribution in [0.3, 0.4) is 0 Å². The normalized spacial score (nSPS) is 19.7. The lowest BCUT2D eigenvalue weighted by molar-refractivity contribution is 0.0284. The van der Waals surface area contributed by atoms with Crippen LogP contribution in [0.15, 0.2) is 49.2 Å². The third-order valence-corrected chi connectivity index (χ3v) is 7.31. The Balaban J connectivity index is 1.21. The summed E-state index contributed by atoms with van der Waals surface area (Å²) in [6.07, 6.45) is 7.55. The first-order chi connectivity index (χ1) is 19.7. The smallest absolute Gasteiger partial charge is 0.252 e. The van der Waals surface area contributed by atoms with Gasteiger partial charge in [0.05, 0.1) is 53.8 Å². The average molecular weight is 557 g/mol. The number of allylic oxidation sites excluding steroid dienone is 1.